The van der Waals surface area contributed by atoms with Gasteiger partial charge in [-0.1, -0.05) is 17.3 Å². The van der Waals surface area contributed by atoms with E-state index in [2.05, 4.69) is 10.1 Å². The number of halogens is 1. The van der Waals surface area contributed by atoms with Crippen molar-refractivity contribution in [2.75, 3.05) is 32.7 Å². The van der Waals surface area contributed by atoms with E-state index in [1.807, 2.05) is 0 Å². The highest BCUT2D eigenvalue weighted by Gasteiger charge is 2.38. The molecule has 1 unspecified atom stereocenters. The lowest BCUT2D eigenvalue weighted by Gasteiger charge is -2.38. The summed E-state index contributed by atoms with van der Waals surface area (Å²) in [5.74, 6) is -1.20. The highest BCUT2D eigenvalue weighted by molar-refractivity contribution is 6.38. The Labute approximate surface area is 178 Å². The molecule has 2 aliphatic heterocycles. The lowest BCUT2D eigenvalue weighted by molar-refractivity contribution is -0.154. The van der Waals surface area contributed by atoms with Crippen LogP contribution in [0.2, 0.25) is 0 Å². The van der Waals surface area contributed by atoms with Crippen LogP contribution in [0.5, 0.6) is 0 Å². The number of likely N-dealkylation sites (tertiary alicyclic amines) is 1. The molecule has 0 bridgehead atoms. The van der Waals surface area contributed by atoms with Gasteiger partial charge in [-0.2, -0.15) is 4.98 Å². The minimum absolute atomic E-state index is 0.0642. The summed E-state index contributed by atoms with van der Waals surface area (Å²) < 4.78 is 19.2. The van der Waals surface area contributed by atoms with Crippen molar-refractivity contribution in [2.45, 2.75) is 26.2 Å². The monoisotopic (exact) mass is 429 g/mol. The Balaban J connectivity index is 1.39. The molecular weight excluding hydrogens is 405 g/mol. The summed E-state index contributed by atoms with van der Waals surface area (Å²) >= 11 is 0. The first-order valence-corrected chi connectivity index (χ1v) is 10.4. The molecule has 9 nitrogen and oxygen atoms in total. The molecule has 0 spiro atoms. The van der Waals surface area contributed by atoms with Gasteiger partial charge in [0.1, 0.15) is 5.82 Å². The molecule has 31 heavy (non-hydrogen) atoms. The van der Waals surface area contributed by atoms with Gasteiger partial charge >= 0.3 is 17.8 Å². The number of hydrogen-bond donors (Lipinski definition) is 0. The van der Waals surface area contributed by atoms with Crippen molar-refractivity contribution in [3.05, 3.63) is 36.0 Å². The molecule has 3 heterocycles. The van der Waals surface area contributed by atoms with Gasteiger partial charge in [0.2, 0.25) is 11.7 Å². The van der Waals surface area contributed by atoms with Crippen LogP contribution in [-0.2, 0) is 16.0 Å². The third-order valence-corrected chi connectivity index (χ3v) is 5.76. The second kappa shape index (κ2) is 8.83. The van der Waals surface area contributed by atoms with E-state index in [9.17, 15) is 18.8 Å². The molecule has 164 valence electrons. The van der Waals surface area contributed by atoms with E-state index in [1.165, 1.54) is 11.0 Å². The van der Waals surface area contributed by atoms with Crippen molar-refractivity contribution < 1.29 is 23.3 Å². The number of urea groups is 1. The molecule has 0 aliphatic carbocycles. The van der Waals surface area contributed by atoms with Crippen LogP contribution >= 0.6 is 0 Å². The van der Waals surface area contributed by atoms with Crippen LogP contribution in [0, 0.1) is 11.7 Å². The predicted molar refractivity (Wildman–Crippen MR) is 107 cm³/mol. The first kappa shape index (κ1) is 21.0. The summed E-state index contributed by atoms with van der Waals surface area (Å²) in [4.78, 5) is 45.7. The van der Waals surface area contributed by atoms with Gasteiger partial charge in [0.05, 0.1) is 5.56 Å². The number of imide groups is 1. The standard InChI is InChI=1S/C21H24FN5O4/c1-2-25-10-11-27(20(29)19(25)28)21(30)26-9-5-6-14(13-26)12-17-23-18(24-31-17)15-7-3-4-8-16(15)22/h3-4,7-8,14H,2,5-6,9-13H2,1H3. The first-order chi connectivity index (χ1) is 15.0. The second-order valence-corrected chi connectivity index (χ2v) is 7.77. The maximum Gasteiger partial charge on any atom is 0.327 e. The summed E-state index contributed by atoms with van der Waals surface area (Å²) in [6, 6.07) is 5.78. The van der Waals surface area contributed by atoms with Crippen LogP contribution < -0.4 is 0 Å². The van der Waals surface area contributed by atoms with Gasteiger partial charge in [-0.05, 0) is 37.8 Å². The van der Waals surface area contributed by atoms with E-state index in [-0.39, 0.29) is 23.9 Å². The Morgan fingerprint density at radius 2 is 2.00 bits per heavy atom. The number of nitrogens with zero attached hydrogens (tertiary/aromatic N) is 5. The lowest BCUT2D eigenvalue weighted by atomic mass is 9.95. The molecule has 0 saturated carbocycles. The zero-order chi connectivity index (χ0) is 22.0. The average molecular weight is 429 g/mol. The fourth-order valence-corrected chi connectivity index (χ4v) is 4.07. The van der Waals surface area contributed by atoms with Crippen molar-refractivity contribution in [2.24, 2.45) is 5.92 Å². The molecule has 2 aromatic rings. The maximum atomic E-state index is 13.9. The van der Waals surface area contributed by atoms with Crippen LogP contribution in [0.25, 0.3) is 11.4 Å². The van der Waals surface area contributed by atoms with E-state index in [1.54, 1.807) is 30.0 Å². The van der Waals surface area contributed by atoms with Gasteiger partial charge in [-0.15, -0.1) is 0 Å². The quantitative estimate of drug-likeness (QED) is 0.689. The van der Waals surface area contributed by atoms with Crippen molar-refractivity contribution in [1.82, 2.24) is 24.8 Å². The number of hydrogen-bond acceptors (Lipinski definition) is 6. The molecule has 4 rings (SSSR count). The van der Waals surface area contributed by atoms with E-state index in [0.717, 1.165) is 17.7 Å². The molecule has 1 atom stereocenters. The number of carbonyl (C=O) groups excluding carboxylic acids is 3. The fourth-order valence-electron chi connectivity index (χ4n) is 4.07. The Kier molecular flexibility index (Phi) is 5.97. The van der Waals surface area contributed by atoms with Gasteiger partial charge in [0.15, 0.2) is 0 Å². The number of rotatable bonds is 4. The van der Waals surface area contributed by atoms with Crippen molar-refractivity contribution >= 4 is 17.8 Å². The third kappa shape index (κ3) is 4.28. The molecule has 0 N–H and O–H groups in total. The average Bonchev–Trinajstić information content (AvgIpc) is 3.24. The number of likely N-dealkylation sites (N-methyl/N-ethyl adjacent to an activating group) is 1. The second-order valence-electron chi connectivity index (χ2n) is 7.77. The fraction of sp³-hybridized carbons (Fsp3) is 0.476. The van der Waals surface area contributed by atoms with Gasteiger partial charge in [-0.25, -0.2) is 9.18 Å². The highest BCUT2D eigenvalue weighted by Crippen LogP contribution is 2.24. The van der Waals surface area contributed by atoms with Crippen LogP contribution in [0.3, 0.4) is 0 Å². The number of benzene rings is 1. The summed E-state index contributed by atoms with van der Waals surface area (Å²) in [7, 11) is 0. The number of aromatic nitrogens is 2. The SMILES string of the molecule is CCN1CCN(C(=O)N2CCCC(Cc3nc(-c4ccccc4F)no3)C2)C(=O)C1=O. The Hall–Kier alpha value is -3.30. The summed E-state index contributed by atoms with van der Waals surface area (Å²) in [5.41, 5.74) is 0.271. The van der Waals surface area contributed by atoms with Crippen LogP contribution in [0.4, 0.5) is 9.18 Å². The van der Waals surface area contributed by atoms with E-state index >= 15 is 0 Å². The van der Waals surface area contributed by atoms with Gasteiger partial charge in [0.25, 0.3) is 0 Å². The Morgan fingerprint density at radius 3 is 2.77 bits per heavy atom. The molecular formula is C21H24FN5O4. The van der Waals surface area contributed by atoms with E-state index < -0.39 is 23.7 Å². The summed E-state index contributed by atoms with van der Waals surface area (Å²) in [6.45, 7) is 3.74. The highest BCUT2D eigenvalue weighted by atomic mass is 19.1. The number of piperidine rings is 1. The largest absolute Gasteiger partial charge is 0.339 e. The summed E-state index contributed by atoms with van der Waals surface area (Å²) in [5, 5.41) is 3.87. The molecule has 2 saturated heterocycles. The normalized spacial score (nSPS) is 19.8. The van der Waals surface area contributed by atoms with Gasteiger partial charge in [0, 0.05) is 39.1 Å². The minimum Gasteiger partial charge on any atom is -0.339 e. The van der Waals surface area contributed by atoms with E-state index in [0.29, 0.717) is 38.5 Å². The zero-order valence-electron chi connectivity index (χ0n) is 17.3. The zero-order valence-corrected chi connectivity index (χ0v) is 17.3. The van der Waals surface area contributed by atoms with Gasteiger partial charge in [-0.3, -0.25) is 14.5 Å². The Morgan fingerprint density at radius 1 is 1.19 bits per heavy atom. The summed E-state index contributed by atoms with van der Waals surface area (Å²) in [6.07, 6.45) is 2.07. The number of amides is 4. The molecule has 10 heteroatoms. The van der Waals surface area contributed by atoms with Crippen molar-refractivity contribution in [1.29, 1.82) is 0 Å². The molecule has 1 aromatic carbocycles. The topological polar surface area (TPSA) is 99.8 Å². The minimum atomic E-state index is -0.772. The third-order valence-electron chi connectivity index (χ3n) is 5.76. The maximum absolute atomic E-state index is 13.9. The lowest BCUT2D eigenvalue weighted by Crippen LogP contribution is -2.59. The Bertz CT molecular complexity index is 994. The first-order valence-electron chi connectivity index (χ1n) is 10.4. The van der Waals surface area contributed by atoms with Crippen LogP contribution in [0.15, 0.2) is 28.8 Å². The molecule has 0 radical (unpaired) electrons. The van der Waals surface area contributed by atoms with Gasteiger partial charge < -0.3 is 14.3 Å². The van der Waals surface area contributed by atoms with Crippen molar-refractivity contribution in [3.8, 4) is 11.4 Å². The molecule has 4 amide bonds. The van der Waals surface area contributed by atoms with Crippen LogP contribution in [0.1, 0.15) is 25.7 Å². The number of piperazine rings is 1. The molecule has 2 fully saturated rings. The molecule has 2 aliphatic rings. The van der Waals surface area contributed by atoms with Crippen molar-refractivity contribution in [3.63, 3.8) is 0 Å². The van der Waals surface area contributed by atoms with E-state index in [4.69, 9.17) is 4.52 Å². The number of carbonyl (C=O) groups is 3. The molecule has 1 aromatic heterocycles. The van der Waals surface area contributed by atoms with Crippen LogP contribution in [-0.4, -0.2) is 75.4 Å². The smallest absolute Gasteiger partial charge is 0.327 e. The predicted octanol–water partition coefficient (Wildman–Crippen LogP) is 1.94.